The number of nitrogens with one attached hydrogen (secondary N) is 3. The number of hydrogen-bond donors (Lipinski definition) is 4. The van der Waals surface area contributed by atoms with Gasteiger partial charge in [-0.25, -0.2) is 4.98 Å². The first kappa shape index (κ1) is 53.3. The number of fused-ring (bicyclic) bond motifs is 6. The van der Waals surface area contributed by atoms with E-state index in [2.05, 4.69) is 38.1 Å². The van der Waals surface area contributed by atoms with Crippen LogP contribution in [0.3, 0.4) is 0 Å². The molecule has 5 amide bonds. The number of ketones is 1. The molecule has 4 N–H and O–H groups in total. The van der Waals surface area contributed by atoms with E-state index in [0.717, 1.165) is 33.5 Å². The molecule has 1 unspecified atom stereocenters. The van der Waals surface area contributed by atoms with Crippen LogP contribution in [0.5, 0.6) is 0 Å². The molecule has 4 heterocycles. The highest BCUT2D eigenvalue weighted by Gasteiger charge is 2.59. The van der Waals surface area contributed by atoms with Crippen LogP contribution < -0.4 is 20.9 Å². The Hall–Kier alpha value is -6.54. The molecule has 18 heteroatoms. The van der Waals surface area contributed by atoms with E-state index < -0.39 is 23.5 Å². The quantitative estimate of drug-likeness (QED) is 0.0295. The number of likely N-dealkylation sites (tertiary alicyclic amines) is 1. The number of hydrogen-bond acceptors (Lipinski definition) is 14. The molecule has 2 bridgehead atoms. The fourth-order valence-corrected chi connectivity index (χ4v) is 11.6. The lowest BCUT2D eigenvalue weighted by molar-refractivity contribution is -0.145. The van der Waals surface area contributed by atoms with Crippen molar-refractivity contribution in [2.24, 2.45) is 35.0 Å². The third-order valence-corrected chi connectivity index (χ3v) is 15.8. The molecular weight excluding hydrogens is 975 g/mol. The number of amides is 5. The Bertz CT molecular complexity index is 2910. The predicted molar refractivity (Wildman–Crippen MR) is 285 cm³/mol. The average molecular weight is 1040 g/mol. The highest BCUT2D eigenvalue weighted by atomic mass is 32.1. The molecule has 9 rings (SSSR count). The lowest BCUT2D eigenvalue weighted by atomic mass is 9.76. The lowest BCUT2D eigenvalue weighted by Crippen LogP contribution is -2.48. The summed E-state index contributed by atoms with van der Waals surface area (Å²) in [6.07, 6.45) is 6.07. The van der Waals surface area contributed by atoms with Crippen LogP contribution in [0, 0.1) is 41.9 Å². The van der Waals surface area contributed by atoms with Gasteiger partial charge in [-0.2, -0.15) is 0 Å². The smallest absolute Gasteiger partial charge is 0.255 e. The summed E-state index contributed by atoms with van der Waals surface area (Å²) in [5.41, 5.74) is 6.78. The number of aliphatic hydroxyl groups excluding tert-OH is 1. The molecule has 75 heavy (non-hydrogen) atoms. The minimum atomic E-state index is -0.876. The number of Topliss-reactive ketones (excluding diaryl/α,β-unsaturated/α-hetero) is 1. The number of aliphatic hydroxyl groups is 1. The van der Waals surface area contributed by atoms with Gasteiger partial charge in [0.2, 0.25) is 23.6 Å². The number of anilines is 3. The predicted octanol–water partition coefficient (Wildman–Crippen LogP) is 6.98. The number of carbonyl (C=O) groups is 6. The van der Waals surface area contributed by atoms with Crippen molar-refractivity contribution in [2.75, 3.05) is 68.3 Å². The summed E-state index contributed by atoms with van der Waals surface area (Å²) in [5.74, 6) is -2.52. The molecule has 1 saturated carbocycles. The second-order valence-corrected chi connectivity index (χ2v) is 21.7. The van der Waals surface area contributed by atoms with E-state index in [9.17, 15) is 33.9 Å². The molecule has 7 atom stereocenters. The Labute approximate surface area is 440 Å². The third-order valence-electron chi connectivity index (χ3n) is 14.8. The summed E-state index contributed by atoms with van der Waals surface area (Å²) < 4.78 is 17.1. The summed E-state index contributed by atoms with van der Waals surface area (Å²) >= 11 is 1.54. The first-order valence-corrected chi connectivity index (χ1v) is 26.6. The van der Waals surface area contributed by atoms with E-state index in [1.165, 1.54) is 9.80 Å². The van der Waals surface area contributed by atoms with Crippen LogP contribution in [0.25, 0.3) is 21.3 Å². The summed E-state index contributed by atoms with van der Waals surface area (Å²) in [7, 11) is 0. The minimum absolute atomic E-state index is 0.0123. The van der Waals surface area contributed by atoms with Gasteiger partial charge < -0.3 is 40.2 Å². The Balaban J connectivity index is 0.639. The number of thiazole rings is 1. The first-order chi connectivity index (χ1) is 36.2. The van der Waals surface area contributed by atoms with E-state index >= 15 is 0 Å². The standard InChI is InChI=1S/C57H65N7O10S/c1-34-51(75-33-60-34)35-10-14-40(15-11-35)61-53(68)47-30-43(66)32-63(47)54(69)45(57(2,3)4)29-42(65)19-22-72-24-26-74-27-25-73-23-21-58-31-39-18-20-59-50-44(39)6-5-7-46(50)62-52(67)36-12-16-41(17-13-36)64-55(70)48-37-8-9-38(28-37)49(48)56(64)71/h5-18,20,33,37-38,43,45,47-49,58,66H,19,21-32H2,1-4H3,(H,61,68)(H,62,67)/t37-,38?,43+,45+,47-,48-,49+/m0/s1. The molecule has 2 saturated heterocycles. The lowest BCUT2D eigenvalue weighted by Gasteiger charge is -2.34. The Kier molecular flexibility index (Phi) is 16.7. The third kappa shape index (κ3) is 12.1. The highest BCUT2D eigenvalue weighted by molar-refractivity contribution is 7.13. The van der Waals surface area contributed by atoms with Gasteiger partial charge in [0.1, 0.15) is 11.8 Å². The Morgan fingerprint density at radius 3 is 2.16 bits per heavy atom. The number of β-amino-alcohol motifs (C(OH)–C–C–N with tert-alkyl or cyclic N) is 1. The van der Waals surface area contributed by atoms with Crippen LogP contribution in [0.4, 0.5) is 17.1 Å². The maximum atomic E-state index is 14.1. The number of pyridine rings is 1. The number of benzene rings is 3. The van der Waals surface area contributed by atoms with Crippen LogP contribution in [0.15, 0.2) is 96.7 Å². The summed E-state index contributed by atoms with van der Waals surface area (Å²) in [5, 5.41) is 20.8. The van der Waals surface area contributed by atoms with Crippen molar-refractivity contribution in [3.8, 4) is 10.4 Å². The number of aryl methyl sites for hydroxylation is 1. The van der Waals surface area contributed by atoms with Gasteiger partial charge in [-0.1, -0.05) is 57.2 Å². The van der Waals surface area contributed by atoms with Gasteiger partial charge in [-0.3, -0.25) is 38.7 Å². The molecule has 0 radical (unpaired) electrons. The van der Waals surface area contributed by atoms with E-state index in [-0.39, 0.29) is 98.0 Å². The topological polar surface area (TPSA) is 219 Å². The van der Waals surface area contributed by atoms with E-state index in [1.54, 1.807) is 65.5 Å². The van der Waals surface area contributed by atoms with Crippen molar-refractivity contribution in [3.05, 3.63) is 113 Å². The molecule has 3 aromatic carbocycles. The van der Waals surface area contributed by atoms with Crippen LogP contribution in [0.2, 0.25) is 0 Å². The van der Waals surface area contributed by atoms with Gasteiger partial charge in [-0.05, 0) is 90.3 Å². The normalized spacial score (nSPS) is 21.3. The molecule has 0 spiro atoms. The number of allylic oxidation sites excluding steroid dienone is 2. The van der Waals surface area contributed by atoms with Crippen molar-refractivity contribution >= 4 is 74.6 Å². The van der Waals surface area contributed by atoms with Crippen LogP contribution in [-0.2, 0) is 44.7 Å². The minimum Gasteiger partial charge on any atom is -0.391 e. The monoisotopic (exact) mass is 1040 g/mol. The van der Waals surface area contributed by atoms with Crippen molar-refractivity contribution in [3.63, 3.8) is 0 Å². The highest BCUT2D eigenvalue weighted by Crippen LogP contribution is 2.53. The molecule has 3 fully saturated rings. The van der Waals surface area contributed by atoms with E-state index in [1.807, 2.05) is 58.0 Å². The number of para-hydroxylation sites is 1. The number of imide groups is 1. The first-order valence-electron chi connectivity index (χ1n) is 25.8. The zero-order valence-corrected chi connectivity index (χ0v) is 43.6. The number of aromatic nitrogens is 2. The van der Waals surface area contributed by atoms with Crippen molar-refractivity contribution < 1.29 is 48.1 Å². The van der Waals surface area contributed by atoms with Gasteiger partial charge in [0.05, 0.1) is 90.6 Å². The van der Waals surface area contributed by atoms with Gasteiger partial charge >= 0.3 is 0 Å². The zero-order chi connectivity index (χ0) is 52.8. The second kappa shape index (κ2) is 23.6. The van der Waals surface area contributed by atoms with Crippen molar-refractivity contribution in [2.45, 2.75) is 72.1 Å². The molecule has 394 valence electrons. The van der Waals surface area contributed by atoms with Gasteiger partial charge in [0.25, 0.3) is 5.91 Å². The summed E-state index contributed by atoms with van der Waals surface area (Å²) in [4.78, 5) is 93.4. The maximum Gasteiger partial charge on any atom is 0.255 e. The second-order valence-electron chi connectivity index (χ2n) is 20.8. The molecule has 2 aromatic heterocycles. The summed E-state index contributed by atoms with van der Waals surface area (Å²) in [6, 6.07) is 20.7. The van der Waals surface area contributed by atoms with Crippen molar-refractivity contribution in [1.82, 2.24) is 20.2 Å². The van der Waals surface area contributed by atoms with E-state index in [4.69, 9.17) is 14.2 Å². The SMILES string of the molecule is Cc1ncsc1-c1ccc(NC(=O)[C@@H]2C[C@@H](O)CN2C(=O)[C@@H](CC(=O)CCOCCOCCOCCNCc2ccnc3c(NC(=O)c4ccc(N5C(=O)[C@@H]6[C@H](C5=O)C5C=C[C@H]6C5)cc4)cccc23)C(C)(C)C)cc1. The fourth-order valence-electron chi connectivity index (χ4n) is 10.8. The maximum absolute atomic E-state index is 14.1. The molecule has 2 aliphatic heterocycles. The van der Waals surface area contributed by atoms with E-state index in [0.29, 0.717) is 67.7 Å². The van der Waals surface area contributed by atoms with Gasteiger partial charge in [0.15, 0.2) is 0 Å². The molecule has 17 nitrogen and oxygen atoms in total. The van der Waals surface area contributed by atoms with Crippen molar-refractivity contribution in [1.29, 1.82) is 0 Å². The number of rotatable bonds is 23. The molecule has 5 aromatic rings. The van der Waals surface area contributed by atoms with Crippen LogP contribution in [0.1, 0.15) is 68.1 Å². The number of carbonyl (C=O) groups excluding carboxylic acids is 6. The molecule has 4 aliphatic rings. The van der Waals surface area contributed by atoms with Crippen LogP contribution >= 0.6 is 11.3 Å². The Morgan fingerprint density at radius 1 is 0.813 bits per heavy atom. The van der Waals surface area contributed by atoms with Crippen LogP contribution in [-0.4, -0.2) is 120 Å². The molecule has 2 aliphatic carbocycles. The summed E-state index contributed by atoms with van der Waals surface area (Å²) in [6.45, 7) is 10.8. The van der Waals surface area contributed by atoms with Gasteiger partial charge in [-0.15, -0.1) is 11.3 Å². The zero-order valence-electron chi connectivity index (χ0n) is 42.8. The fraction of sp³-hybridized carbons (Fsp3) is 0.439. The largest absolute Gasteiger partial charge is 0.391 e. The average Bonchev–Trinajstić information content (AvgIpc) is 4.25. The van der Waals surface area contributed by atoms with Gasteiger partial charge in [0, 0.05) is 67.6 Å². The molecular formula is C57H65N7O10S. The number of nitrogens with zero attached hydrogens (tertiary/aromatic N) is 4. The Morgan fingerprint density at radius 2 is 1.49 bits per heavy atom. The number of ether oxygens (including phenoxy) is 3.